The van der Waals surface area contributed by atoms with Crippen molar-refractivity contribution in [3.8, 4) is 5.75 Å². The van der Waals surface area contributed by atoms with E-state index in [9.17, 15) is 14.4 Å². The third-order valence-electron chi connectivity index (χ3n) is 4.53. The Morgan fingerprint density at radius 3 is 2.61 bits per heavy atom. The predicted molar refractivity (Wildman–Crippen MR) is 105 cm³/mol. The van der Waals surface area contributed by atoms with Crippen molar-refractivity contribution in [2.75, 3.05) is 23.4 Å². The second-order valence-corrected chi connectivity index (χ2v) is 6.89. The number of carboxylic acid groups (broad SMARTS) is 1. The van der Waals surface area contributed by atoms with Crippen LogP contribution in [0.2, 0.25) is 5.02 Å². The summed E-state index contributed by atoms with van der Waals surface area (Å²) >= 11 is 6.03. The van der Waals surface area contributed by atoms with Crippen molar-refractivity contribution in [1.82, 2.24) is 0 Å². The van der Waals surface area contributed by atoms with Crippen molar-refractivity contribution in [1.29, 1.82) is 0 Å². The van der Waals surface area contributed by atoms with Crippen LogP contribution >= 0.6 is 11.6 Å². The van der Waals surface area contributed by atoms with Crippen molar-refractivity contribution in [3.63, 3.8) is 0 Å². The van der Waals surface area contributed by atoms with Gasteiger partial charge in [0, 0.05) is 29.4 Å². The van der Waals surface area contributed by atoms with Gasteiger partial charge in [0.25, 0.3) is 5.91 Å². The van der Waals surface area contributed by atoms with E-state index in [4.69, 9.17) is 21.4 Å². The first-order valence-electron chi connectivity index (χ1n) is 8.66. The Morgan fingerprint density at radius 1 is 1.25 bits per heavy atom. The van der Waals surface area contributed by atoms with Crippen LogP contribution in [0.1, 0.15) is 12.0 Å². The molecule has 0 aromatic heterocycles. The summed E-state index contributed by atoms with van der Waals surface area (Å²) < 4.78 is 5.47. The highest BCUT2D eigenvalue weighted by Crippen LogP contribution is 2.27. The number of ether oxygens (including phenoxy) is 1. The summed E-state index contributed by atoms with van der Waals surface area (Å²) in [5.74, 6) is -1.76. The van der Waals surface area contributed by atoms with E-state index in [0.29, 0.717) is 22.1 Å². The largest absolute Gasteiger partial charge is 0.484 e. The molecule has 2 amide bonds. The molecule has 146 valence electrons. The van der Waals surface area contributed by atoms with E-state index in [1.165, 1.54) is 4.90 Å². The standard InChI is InChI=1S/C20H19ClN2O5/c1-12-16(21)3-2-4-17(12)22-18(24)11-28-15-7-5-14(6-8-15)23-10-13(20(26)27)9-19(23)25/h2-8,13H,9-11H2,1H3,(H,22,24)(H,26,27). The average Bonchev–Trinajstić information content (AvgIpc) is 3.06. The Hall–Kier alpha value is -3.06. The highest BCUT2D eigenvalue weighted by atomic mass is 35.5. The lowest BCUT2D eigenvalue weighted by atomic mass is 10.1. The second kappa shape index (κ2) is 8.31. The van der Waals surface area contributed by atoms with Gasteiger partial charge in [0.2, 0.25) is 5.91 Å². The first kappa shape index (κ1) is 19.7. The monoisotopic (exact) mass is 402 g/mol. The Morgan fingerprint density at radius 2 is 1.96 bits per heavy atom. The number of benzene rings is 2. The smallest absolute Gasteiger partial charge is 0.308 e. The molecule has 2 N–H and O–H groups in total. The zero-order chi connectivity index (χ0) is 20.3. The van der Waals surface area contributed by atoms with Gasteiger partial charge in [-0.05, 0) is 48.9 Å². The predicted octanol–water partition coefficient (Wildman–Crippen LogP) is 3.10. The number of carbonyl (C=O) groups is 3. The quantitative estimate of drug-likeness (QED) is 0.774. The molecule has 1 heterocycles. The van der Waals surface area contributed by atoms with Crippen molar-refractivity contribution in [3.05, 3.63) is 53.1 Å². The van der Waals surface area contributed by atoms with Crippen LogP contribution in [-0.4, -0.2) is 36.0 Å². The molecule has 0 bridgehead atoms. The van der Waals surface area contributed by atoms with E-state index < -0.39 is 11.9 Å². The number of halogens is 1. The van der Waals surface area contributed by atoms with Crippen LogP contribution in [0.25, 0.3) is 0 Å². The van der Waals surface area contributed by atoms with Gasteiger partial charge < -0.3 is 20.1 Å². The van der Waals surface area contributed by atoms with Crippen molar-refractivity contribution < 1.29 is 24.2 Å². The number of aliphatic carboxylic acids is 1. The molecule has 1 aliphatic heterocycles. The summed E-state index contributed by atoms with van der Waals surface area (Å²) in [6, 6.07) is 11.8. The van der Waals surface area contributed by atoms with E-state index >= 15 is 0 Å². The number of nitrogens with zero attached hydrogens (tertiary/aromatic N) is 1. The van der Waals surface area contributed by atoms with Gasteiger partial charge in [0.05, 0.1) is 5.92 Å². The fourth-order valence-corrected chi connectivity index (χ4v) is 3.10. The van der Waals surface area contributed by atoms with Crippen LogP contribution in [0, 0.1) is 12.8 Å². The highest BCUT2D eigenvalue weighted by Gasteiger charge is 2.34. The molecule has 1 fully saturated rings. The van der Waals surface area contributed by atoms with E-state index in [0.717, 1.165) is 5.56 Å². The maximum Gasteiger partial charge on any atom is 0.308 e. The third-order valence-corrected chi connectivity index (χ3v) is 4.94. The van der Waals surface area contributed by atoms with Gasteiger partial charge in [-0.25, -0.2) is 0 Å². The summed E-state index contributed by atoms with van der Waals surface area (Å²) in [4.78, 5) is 36.6. The molecule has 1 saturated heterocycles. The lowest BCUT2D eigenvalue weighted by molar-refractivity contribution is -0.141. The fourth-order valence-electron chi connectivity index (χ4n) is 2.92. The highest BCUT2D eigenvalue weighted by molar-refractivity contribution is 6.31. The molecule has 7 nitrogen and oxygen atoms in total. The molecule has 0 aliphatic carbocycles. The number of amides is 2. The van der Waals surface area contributed by atoms with Crippen molar-refractivity contribution >= 4 is 40.8 Å². The summed E-state index contributed by atoms with van der Waals surface area (Å²) in [6.07, 6.45) is -0.00330. The first-order valence-corrected chi connectivity index (χ1v) is 9.04. The van der Waals surface area contributed by atoms with Crippen LogP contribution in [0.5, 0.6) is 5.75 Å². The molecule has 1 unspecified atom stereocenters. The summed E-state index contributed by atoms with van der Waals surface area (Å²) in [7, 11) is 0. The molecule has 0 radical (unpaired) electrons. The Labute approximate surface area is 166 Å². The summed E-state index contributed by atoms with van der Waals surface area (Å²) in [5.41, 5.74) is 1.99. The van der Waals surface area contributed by atoms with Gasteiger partial charge in [0.15, 0.2) is 6.61 Å². The molecule has 28 heavy (non-hydrogen) atoms. The number of anilines is 2. The first-order chi connectivity index (χ1) is 13.3. The Kier molecular flexibility index (Phi) is 5.84. The van der Waals surface area contributed by atoms with Crippen LogP contribution < -0.4 is 15.0 Å². The van der Waals surface area contributed by atoms with Crippen LogP contribution in [0.15, 0.2) is 42.5 Å². The van der Waals surface area contributed by atoms with Crippen molar-refractivity contribution in [2.24, 2.45) is 5.92 Å². The minimum Gasteiger partial charge on any atom is -0.484 e. The normalized spacial score (nSPS) is 16.1. The average molecular weight is 403 g/mol. The van der Waals surface area contributed by atoms with Gasteiger partial charge in [-0.15, -0.1) is 0 Å². The summed E-state index contributed by atoms with van der Waals surface area (Å²) in [5, 5.41) is 12.4. The summed E-state index contributed by atoms with van der Waals surface area (Å²) in [6.45, 7) is 1.77. The van der Waals surface area contributed by atoms with Crippen LogP contribution in [0.3, 0.4) is 0 Å². The van der Waals surface area contributed by atoms with Crippen LogP contribution in [0.4, 0.5) is 11.4 Å². The van der Waals surface area contributed by atoms with E-state index in [2.05, 4.69) is 5.32 Å². The molecule has 8 heteroatoms. The molecule has 1 atom stereocenters. The molecule has 2 aromatic rings. The molecule has 1 aliphatic rings. The number of rotatable bonds is 6. The van der Waals surface area contributed by atoms with E-state index in [1.54, 1.807) is 42.5 Å². The second-order valence-electron chi connectivity index (χ2n) is 6.49. The molecule has 0 spiro atoms. The number of hydrogen-bond donors (Lipinski definition) is 2. The maximum absolute atomic E-state index is 12.1. The molecule has 2 aromatic carbocycles. The maximum atomic E-state index is 12.1. The minimum atomic E-state index is -0.975. The zero-order valence-corrected chi connectivity index (χ0v) is 15.9. The van der Waals surface area contributed by atoms with Gasteiger partial charge in [0.1, 0.15) is 5.75 Å². The third kappa shape index (κ3) is 4.43. The van der Waals surface area contributed by atoms with E-state index in [-0.39, 0.29) is 31.4 Å². The number of hydrogen-bond acceptors (Lipinski definition) is 4. The molecule has 0 saturated carbocycles. The lowest BCUT2D eigenvalue weighted by Gasteiger charge is -2.16. The molecular weight excluding hydrogens is 384 g/mol. The topological polar surface area (TPSA) is 95.9 Å². The number of carboxylic acids is 1. The number of carbonyl (C=O) groups excluding carboxylic acids is 2. The van der Waals surface area contributed by atoms with Gasteiger partial charge in [-0.1, -0.05) is 17.7 Å². The SMILES string of the molecule is Cc1c(Cl)cccc1NC(=O)COc1ccc(N2CC(C(=O)O)CC2=O)cc1. The lowest BCUT2D eigenvalue weighted by Crippen LogP contribution is -2.25. The fraction of sp³-hybridized carbons (Fsp3) is 0.250. The minimum absolute atomic E-state index is 0.00330. The molecular formula is C20H19ClN2O5. The Balaban J connectivity index is 1.56. The molecule has 3 rings (SSSR count). The number of nitrogens with one attached hydrogen (secondary N) is 1. The van der Waals surface area contributed by atoms with E-state index in [1.807, 2.05) is 6.92 Å². The zero-order valence-electron chi connectivity index (χ0n) is 15.1. The van der Waals surface area contributed by atoms with Gasteiger partial charge >= 0.3 is 5.97 Å². The Bertz CT molecular complexity index is 913. The van der Waals surface area contributed by atoms with Crippen molar-refractivity contribution in [2.45, 2.75) is 13.3 Å². The van der Waals surface area contributed by atoms with Gasteiger partial charge in [-0.3, -0.25) is 14.4 Å². The van der Waals surface area contributed by atoms with Crippen LogP contribution in [-0.2, 0) is 14.4 Å². The van der Waals surface area contributed by atoms with Gasteiger partial charge in [-0.2, -0.15) is 0 Å².